The van der Waals surface area contributed by atoms with Crippen molar-refractivity contribution in [1.29, 1.82) is 0 Å². The van der Waals surface area contributed by atoms with Crippen LogP contribution in [0.4, 0.5) is 0 Å². The Morgan fingerprint density at radius 3 is 2.36 bits per heavy atom. The van der Waals surface area contributed by atoms with Crippen LogP contribution in [-0.4, -0.2) is 26.7 Å². The number of halogens is 1. The second-order valence-corrected chi connectivity index (χ2v) is 6.26. The van der Waals surface area contributed by atoms with Crippen molar-refractivity contribution in [2.45, 2.75) is 13.1 Å². The van der Waals surface area contributed by atoms with E-state index in [1.807, 2.05) is 36.4 Å². The fourth-order valence-electron chi connectivity index (χ4n) is 2.34. The topological polar surface area (TPSA) is 87.4 Å². The molecule has 2 aromatic rings. The van der Waals surface area contributed by atoms with Crippen LogP contribution >= 0.6 is 15.9 Å². The third kappa shape index (κ3) is 5.65. The lowest BCUT2D eigenvalue weighted by atomic mass is 10.2. The van der Waals surface area contributed by atoms with Gasteiger partial charge in [0.05, 0.1) is 18.7 Å². The number of carbonyl (C=O) groups is 1. The minimum absolute atomic E-state index is 0.197. The van der Waals surface area contributed by atoms with Gasteiger partial charge >= 0.3 is 0 Å². The molecule has 0 heterocycles. The van der Waals surface area contributed by atoms with Gasteiger partial charge in [0.15, 0.2) is 18.1 Å². The van der Waals surface area contributed by atoms with Gasteiger partial charge in [-0.05, 0) is 52.3 Å². The summed E-state index contributed by atoms with van der Waals surface area (Å²) in [6.07, 6.45) is 0. The lowest BCUT2D eigenvalue weighted by molar-refractivity contribution is -0.686. The Kier molecular flexibility index (Phi) is 7.09. The Morgan fingerprint density at radius 2 is 1.76 bits per heavy atom. The second-order valence-electron chi connectivity index (χ2n) is 5.41. The van der Waals surface area contributed by atoms with E-state index >= 15 is 0 Å². The molecule has 0 fully saturated rings. The summed E-state index contributed by atoms with van der Waals surface area (Å²) in [5.74, 6) is 1.35. The molecule has 0 aliphatic heterocycles. The summed E-state index contributed by atoms with van der Waals surface area (Å²) in [6.45, 7) is 1.43. The minimum Gasteiger partial charge on any atom is -0.497 e. The average Bonchev–Trinajstić information content (AvgIpc) is 2.60. The molecule has 0 radical (unpaired) electrons. The highest BCUT2D eigenvalue weighted by Gasteiger charge is 2.13. The molecule has 0 saturated carbocycles. The monoisotopic (exact) mass is 409 g/mol. The van der Waals surface area contributed by atoms with Gasteiger partial charge in [-0.3, -0.25) is 4.79 Å². The van der Waals surface area contributed by atoms with E-state index in [4.69, 9.17) is 19.9 Å². The van der Waals surface area contributed by atoms with Crippen LogP contribution in [0.2, 0.25) is 0 Å². The normalized spacial score (nSPS) is 10.4. The van der Waals surface area contributed by atoms with Gasteiger partial charge in [-0.1, -0.05) is 0 Å². The molecule has 0 aliphatic rings. The quantitative estimate of drug-likeness (QED) is 0.658. The van der Waals surface area contributed by atoms with Crippen LogP contribution in [0, 0.1) is 0 Å². The molecule has 4 N–H and O–H groups in total. The molecule has 0 saturated heterocycles. The third-order valence-corrected chi connectivity index (χ3v) is 4.16. The highest BCUT2D eigenvalue weighted by atomic mass is 79.9. The number of ether oxygens (including phenoxy) is 3. The number of hydrogen-bond donors (Lipinski definition) is 2. The number of amides is 1. The number of nitrogens with two attached hydrogens (primary N) is 2. The average molecular weight is 410 g/mol. The van der Waals surface area contributed by atoms with E-state index in [0.29, 0.717) is 11.5 Å². The van der Waals surface area contributed by atoms with Crippen molar-refractivity contribution in [2.24, 2.45) is 5.73 Å². The standard InChI is InChI=1S/C18H21BrN2O4/c1-23-14-5-3-12(4-6-14)9-21-10-13-7-15(19)18(16(8-13)24-2)25-11-17(20)22/h3-8,21H,9-11H2,1-2H3,(H2,20,22)/p+1. The van der Waals surface area contributed by atoms with Crippen molar-refractivity contribution in [3.05, 3.63) is 52.0 Å². The summed E-state index contributed by atoms with van der Waals surface area (Å²) in [6, 6.07) is 11.8. The minimum atomic E-state index is -0.536. The van der Waals surface area contributed by atoms with Gasteiger partial charge in [0.1, 0.15) is 18.8 Å². The molecule has 0 aromatic heterocycles. The summed E-state index contributed by atoms with van der Waals surface area (Å²) in [4.78, 5) is 10.9. The smallest absolute Gasteiger partial charge is 0.255 e. The Balaban J connectivity index is 1.99. The van der Waals surface area contributed by atoms with Crippen LogP contribution in [0.25, 0.3) is 0 Å². The summed E-state index contributed by atoms with van der Waals surface area (Å²) in [7, 11) is 3.22. The first-order chi connectivity index (χ1) is 12.0. The molecule has 2 aromatic carbocycles. The van der Waals surface area contributed by atoms with E-state index < -0.39 is 5.91 Å². The molecule has 0 aliphatic carbocycles. The van der Waals surface area contributed by atoms with Crippen LogP contribution in [-0.2, 0) is 17.9 Å². The van der Waals surface area contributed by atoms with Crippen molar-refractivity contribution in [3.8, 4) is 17.2 Å². The van der Waals surface area contributed by atoms with E-state index in [1.165, 1.54) is 5.56 Å². The maximum atomic E-state index is 10.9. The van der Waals surface area contributed by atoms with Crippen molar-refractivity contribution in [1.82, 2.24) is 0 Å². The fourth-order valence-corrected chi connectivity index (χ4v) is 2.95. The summed E-state index contributed by atoms with van der Waals surface area (Å²) in [5, 5.41) is 2.19. The molecule has 0 unspecified atom stereocenters. The van der Waals surface area contributed by atoms with E-state index in [0.717, 1.165) is 28.9 Å². The first kappa shape index (κ1) is 19.1. The number of rotatable bonds is 9. The maximum absolute atomic E-state index is 10.9. The molecular weight excluding hydrogens is 388 g/mol. The van der Waals surface area contributed by atoms with Crippen LogP contribution < -0.4 is 25.3 Å². The fraction of sp³-hybridized carbons (Fsp3) is 0.278. The van der Waals surface area contributed by atoms with E-state index in [1.54, 1.807) is 14.2 Å². The summed E-state index contributed by atoms with van der Waals surface area (Å²) in [5.41, 5.74) is 7.41. The highest BCUT2D eigenvalue weighted by Crippen LogP contribution is 2.36. The third-order valence-electron chi connectivity index (χ3n) is 3.57. The molecule has 7 heteroatoms. The molecule has 0 atom stereocenters. The molecule has 1 amide bonds. The van der Waals surface area contributed by atoms with Gasteiger partial charge in [0.2, 0.25) is 0 Å². The molecule has 0 spiro atoms. The number of carbonyl (C=O) groups excluding carboxylic acids is 1. The summed E-state index contributed by atoms with van der Waals surface area (Å²) < 4.78 is 16.6. The Morgan fingerprint density at radius 1 is 1.08 bits per heavy atom. The van der Waals surface area contributed by atoms with Crippen molar-refractivity contribution in [2.75, 3.05) is 20.8 Å². The zero-order valence-corrected chi connectivity index (χ0v) is 15.8. The number of benzene rings is 2. The molecule has 6 nitrogen and oxygen atoms in total. The van der Waals surface area contributed by atoms with Gasteiger partial charge in [0.25, 0.3) is 5.91 Å². The van der Waals surface area contributed by atoms with Crippen LogP contribution in [0.5, 0.6) is 17.2 Å². The number of methoxy groups -OCH3 is 2. The van der Waals surface area contributed by atoms with Crippen molar-refractivity contribution >= 4 is 21.8 Å². The van der Waals surface area contributed by atoms with Crippen LogP contribution in [0.1, 0.15) is 11.1 Å². The zero-order valence-electron chi connectivity index (χ0n) is 14.3. The van der Waals surface area contributed by atoms with Gasteiger partial charge < -0.3 is 25.3 Å². The predicted octanol–water partition coefficient (Wildman–Crippen LogP) is 1.59. The van der Waals surface area contributed by atoms with Gasteiger partial charge in [-0.15, -0.1) is 0 Å². The zero-order chi connectivity index (χ0) is 18.2. The maximum Gasteiger partial charge on any atom is 0.255 e. The molecule has 0 bridgehead atoms. The predicted molar refractivity (Wildman–Crippen MR) is 97.7 cm³/mol. The SMILES string of the molecule is COc1ccc(C[NH2+]Cc2cc(Br)c(OCC(N)=O)c(OC)c2)cc1. The number of primary amides is 1. The van der Waals surface area contributed by atoms with E-state index in [2.05, 4.69) is 21.2 Å². The van der Waals surface area contributed by atoms with Crippen LogP contribution in [0.3, 0.4) is 0 Å². The molecular formula is C18H22BrN2O4+. The van der Waals surface area contributed by atoms with Crippen molar-refractivity contribution in [3.63, 3.8) is 0 Å². The largest absolute Gasteiger partial charge is 0.497 e. The first-order valence-electron chi connectivity index (χ1n) is 7.75. The van der Waals surface area contributed by atoms with Gasteiger partial charge in [0, 0.05) is 11.1 Å². The first-order valence-corrected chi connectivity index (χ1v) is 8.55. The van der Waals surface area contributed by atoms with Crippen LogP contribution in [0.15, 0.2) is 40.9 Å². The van der Waals surface area contributed by atoms with Gasteiger partial charge in [-0.25, -0.2) is 0 Å². The number of hydrogen-bond acceptors (Lipinski definition) is 4. The van der Waals surface area contributed by atoms with E-state index in [9.17, 15) is 4.79 Å². The second kappa shape index (κ2) is 9.29. The lowest BCUT2D eigenvalue weighted by Crippen LogP contribution is -2.80. The van der Waals surface area contributed by atoms with E-state index in [-0.39, 0.29) is 6.61 Å². The Labute approximate surface area is 155 Å². The highest BCUT2D eigenvalue weighted by molar-refractivity contribution is 9.10. The molecule has 2 rings (SSSR count). The summed E-state index contributed by atoms with van der Waals surface area (Å²) >= 11 is 3.46. The lowest BCUT2D eigenvalue weighted by Gasteiger charge is -2.13. The van der Waals surface area contributed by atoms with Gasteiger partial charge in [-0.2, -0.15) is 0 Å². The van der Waals surface area contributed by atoms with Crippen molar-refractivity contribution < 1.29 is 24.3 Å². The Bertz CT molecular complexity index is 720. The molecule has 134 valence electrons. The number of quaternary nitrogens is 1. The Hall–Kier alpha value is -2.25. The molecule has 25 heavy (non-hydrogen) atoms.